The molecular formula is C13H20N2. The van der Waals surface area contributed by atoms with Crippen LogP contribution in [0.2, 0.25) is 0 Å². The second-order valence-electron chi connectivity index (χ2n) is 4.84. The number of nitrogens with zero attached hydrogens (tertiary/aromatic N) is 2. The number of hydrogen-bond acceptors (Lipinski definition) is 2. The lowest BCUT2D eigenvalue weighted by Gasteiger charge is -2.23. The summed E-state index contributed by atoms with van der Waals surface area (Å²) in [7, 11) is 0. The lowest BCUT2D eigenvalue weighted by atomic mass is 9.87. The molecule has 0 aromatic rings. The molecule has 1 unspecified atom stereocenters. The van der Waals surface area contributed by atoms with E-state index in [1.54, 1.807) is 0 Å². The molecule has 0 bridgehead atoms. The van der Waals surface area contributed by atoms with Gasteiger partial charge in [-0.05, 0) is 32.1 Å². The van der Waals surface area contributed by atoms with Crippen LogP contribution in [0.25, 0.3) is 0 Å². The highest BCUT2D eigenvalue weighted by molar-refractivity contribution is 5.89. The zero-order chi connectivity index (χ0) is 10.5. The van der Waals surface area contributed by atoms with Gasteiger partial charge in [0.05, 0.1) is 12.0 Å². The van der Waals surface area contributed by atoms with E-state index >= 15 is 0 Å². The fourth-order valence-corrected chi connectivity index (χ4v) is 2.73. The van der Waals surface area contributed by atoms with Crippen molar-refractivity contribution in [2.24, 2.45) is 10.9 Å². The van der Waals surface area contributed by atoms with Crippen LogP contribution >= 0.6 is 0 Å². The van der Waals surface area contributed by atoms with Crippen LogP contribution in [-0.4, -0.2) is 11.8 Å². The molecule has 2 fully saturated rings. The van der Waals surface area contributed by atoms with Crippen molar-refractivity contribution in [3.05, 3.63) is 0 Å². The molecule has 82 valence electrons. The average Bonchev–Trinajstić information content (AvgIpc) is 2.31. The van der Waals surface area contributed by atoms with E-state index in [1.165, 1.54) is 50.7 Å². The summed E-state index contributed by atoms with van der Waals surface area (Å²) in [5.74, 6) is 0.140. The first-order valence-corrected chi connectivity index (χ1v) is 6.36. The van der Waals surface area contributed by atoms with Gasteiger partial charge >= 0.3 is 0 Å². The third-order valence-corrected chi connectivity index (χ3v) is 3.66. The molecule has 2 aliphatic carbocycles. The number of nitriles is 1. The monoisotopic (exact) mass is 204 g/mol. The maximum absolute atomic E-state index is 9.06. The molecule has 0 amide bonds. The van der Waals surface area contributed by atoms with Gasteiger partial charge in [0.2, 0.25) is 0 Å². The quantitative estimate of drug-likeness (QED) is 0.644. The van der Waals surface area contributed by atoms with Crippen LogP contribution in [0.5, 0.6) is 0 Å². The Morgan fingerprint density at radius 3 is 2.47 bits per heavy atom. The molecule has 0 aromatic carbocycles. The van der Waals surface area contributed by atoms with E-state index in [-0.39, 0.29) is 5.92 Å². The van der Waals surface area contributed by atoms with E-state index in [1.807, 2.05) is 0 Å². The van der Waals surface area contributed by atoms with Crippen LogP contribution in [0.15, 0.2) is 4.99 Å². The smallest absolute Gasteiger partial charge is 0.0841 e. The number of aliphatic imine (C=N–C) groups is 1. The summed E-state index contributed by atoms with van der Waals surface area (Å²) in [6.07, 6.45) is 11.1. The molecule has 0 heterocycles. The minimum absolute atomic E-state index is 0.140. The summed E-state index contributed by atoms with van der Waals surface area (Å²) in [4.78, 5) is 4.84. The second-order valence-corrected chi connectivity index (χ2v) is 4.84. The largest absolute Gasteiger partial charge is 0.289 e. The van der Waals surface area contributed by atoms with E-state index in [2.05, 4.69) is 6.07 Å². The van der Waals surface area contributed by atoms with E-state index < -0.39 is 0 Å². The van der Waals surface area contributed by atoms with Crippen LogP contribution in [-0.2, 0) is 0 Å². The van der Waals surface area contributed by atoms with Gasteiger partial charge in [-0.25, -0.2) is 0 Å². The predicted molar refractivity (Wildman–Crippen MR) is 61.9 cm³/mol. The van der Waals surface area contributed by atoms with Gasteiger partial charge in [-0.3, -0.25) is 4.99 Å². The minimum atomic E-state index is 0.140. The Labute approximate surface area is 92.4 Å². The van der Waals surface area contributed by atoms with Gasteiger partial charge < -0.3 is 0 Å². The van der Waals surface area contributed by atoms with Gasteiger partial charge in [-0.15, -0.1) is 0 Å². The predicted octanol–water partition coefficient (Wildman–Crippen LogP) is 3.47. The zero-order valence-corrected chi connectivity index (χ0v) is 9.41. The molecule has 1 atom stereocenters. The SMILES string of the molecule is N#CC1CCCCC1=NC1CCCCC1. The number of rotatable bonds is 1. The van der Waals surface area contributed by atoms with Crippen molar-refractivity contribution in [2.45, 2.75) is 63.8 Å². The maximum atomic E-state index is 9.06. The summed E-state index contributed by atoms with van der Waals surface area (Å²) in [5, 5.41) is 9.06. The first-order valence-electron chi connectivity index (χ1n) is 6.36. The van der Waals surface area contributed by atoms with Gasteiger partial charge in [0.1, 0.15) is 0 Å². The molecule has 2 rings (SSSR count). The van der Waals surface area contributed by atoms with E-state index in [4.69, 9.17) is 10.3 Å². The molecule has 0 aromatic heterocycles. The Kier molecular flexibility index (Phi) is 3.77. The zero-order valence-electron chi connectivity index (χ0n) is 9.41. The molecule has 0 N–H and O–H groups in total. The normalized spacial score (nSPS) is 31.4. The standard InChI is InChI=1S/C13H20N2/c14-10-11-6-4-5-9-13(11)15-12-7-2-1-3-8-12/h11-12H,1-9H2. The average molecular weight is 204 g/mol. The summed E-state index contributed by atoms with van der Waals surface area (Å²) < 4.78 is 0. The van der Waals surface area contributed by atoms with Crippen molar-refractivity contribution < 1.29 is 0 Å². The Bertz CT molecular complexity index is 269. The molecule has 2 heteroatoms. The molecule has 15 heavy (non-hydrogen) atoms. The Balaban J connectivity index is 1.99. The number of hydrogen-bond donors (Lipinski definition) is 0. The highest BCUT2D eigenvalue weighted by Gasteiger charge is 2.21. The van der Waals surface area contributed by atoms with Crippen molar-refractivity contribution in [2.75, 3.05) is 0 Å². The second kappa shape index (κ2) is 5.30. The fourth-order valence-electron chi connectivity index (χ4n) is 2.73. The highest BCUT2D eigenvalue weighted by Crippen LogP contribution is 2.25. The van der Waals surface area contributed by atoms with Crippen molar-refractivity contribution in [3.8, 4) is 6.07 Å². The van der Waals surface area contributed by atoms with Gasteiger partial charge in [0.15, 0.2) is 0 Å². The molecule has 2 saturated carbocycles. The lowest BCUT2D eigenvalue weighted by molar-refractivity contribution is 0.439. The highest BCUT2D eigenvalue weighted by atomic mass is 14.8. The molecule has 0 aliphatic heterocycles. The van der Waals surface area contributed by atoms with Gasteiger partial charge in [-0.2, -0.15) is 5.26 Å². The lowest BCUT2D eigenvalue weighted by Crippen LogP contribution is -2.21. The van der Waals surface area contributed by atoms with Crippen LogP contribution in [0, 0.1) is 17.2 Å². The summed E-state index contributed by atoms with van der Waals surface area (Å²) in [6, 6.07) is 2.96. The maximum Gasteiger partial charge on any atom is 0.0841 e. The minimum Gasteiger partial charge on any atom is -0.289 e. The molecular weight excluding hydrogens is 184 g/mol. The first kappa shape index (κ1) is 10.7. The third-order valence-electron chi connectivity index (χ3n) is 3.66. The van der Waals surface area contributed by atoms with Crippen LogP contribution in [0.4, 0.5) is 0 Å². The Morgan fingerprint density at radius 2 is 1.73 bits per heavy atom. The Morgan fingerprint density at radius 1 is 1.00 bits per heavy atom. The van der Waals surface area contributed by atoms with Crippen molar-refractivity contribution in [1.82, 2.24) is 0 Å². The van der Waals surface area contributed by atoms with Crippen molar-refractivity contribution in [3.63, 3.8) is 0 Å². The summed E-state index contributed by atoms with van der Waals surface area (Å²) in [6.45, 7) is 0. The summed E-state index contributed by atoms with van der Waals surface area (Å²) >= 11 is 0. The summed E-state index contributed by atoms with van der Waals surface area (Å²) in [5.41, 5.74) is 1.22. The molecule has 0 saturated heterocycles. The van der Waals surface area contributed by atoms with E-state index in [0.29, 0.717) is 6.04 Å². The Hall–Kier alpha value is -0.840. The topological polar surface area (TPSA) is 36.1 Å². The van der Waals surface area contributed by atoms with Crippen molar-refractivity contribution >= 4 is 5.71 Å². The van der Waals surface area contributed by atoms with Gasteiger partial charge in [0.25, 0.3) is 0 Å². The molecule has 2 nitrogen and oxygen atoms in total. The first-order chi connectivity index (χ1) is 7.40. The molecule has 2 aliphatic rings. The van der Waals surface area contributed by atoms with Crippen LogP contribution in [0.3, 0.4) is 0 Å². The van der Waals surface area contributed by atoms with E-state index in [0.717, 1.165) is 12.8 Å². The third kappa shape index (κ3) is 2.81. The van der Waals surface area contributed by atoms with E-state index in [9.17, 15) is 0 Å². The van der Waals surface area contributed by atoms with Crippen molar-refractivity contribution in [1.29, 1.82) is 5.26 Å². The van der Waals surface area contributed by atoms with Gasteiger partial charge in [-0.1, -0.05) is 25.7 Å². The molecule has 0 spiro atoms. The molecule has 0 radical (unpaired) electrons. The fraction of sp³-hybridized carbons (Fsp3) is 0.846. The van der Waals surface area contributed by atoms with Crippen LogP contribution < -0.4 is 0 Å². The van der Waals surface area contributed by atoms with Gasteiger partial charge in [0, 0.05) is 11.8 Å². The van der Waals surface area contributed by atoms with Crippen LogP contribution in [0.1, 0.15) is 57.8 Å².